The maximum Gasteiger partial charge on any atom is 0.160 e. The Morgan fingerprint density at radius 3 is 2.82 bits per heavy atom. The summed E-state index contributed by atoms with van der Waals surface area (Å²) in [6, 6.07) is 6.35. The summed E-state index contributed by atoms with van der Waals surface area (Å²) in [5.41, 5.74) is 3.50. The quantitative estimate of drug-likeness (QED) is 0.895. The molecule has 4 heteroatoms. The van der Waals surface area contributed by atoms with Gasteiger partial charge in [0.1, 0.15) is 0 Å². The standard InChI is InChI=1S/C13H18N2OS/c1-9-4-5-11(10(2)16-3)12(8-9)15-6-7-17-13(15)14/h4-5,8,10,14H,6-7H2,1-3H3. The van der Waals surface area contributed by atoms with Gasteiger partial charge in [-0.05, 0) is 25.5 Å². The zero-order valence-corrected chi connectivity index (χ0v) is 11.3. The lowest BCUT2D eigenvalue weighted by molar-refractivity contribution is 0.120. The molecule has 1 heterocycles. The van der Waals surface area contributed by atoms with Gasteiger partial charge in [0.05, 0.1) is 6.10 Å². The fraction of sp³-hybridized carbons (Fsp3) is 0.462. The molecule has 1 aromatic carbocycles. The number of aryl methyl sites for hydroxylation is 1. The predicted octanol–water partition coefficient (Wildman–Crippen LogP) is 3.19. The molecule has 1 aliphatic heterocycles. The topological polar surface area (TPSA) is 36.3 Å². The molecule has 1 aliphatic rings. The molecule has 1 unspecified atom stereocenters. The first-order chi connectivity index (χ1) is 8.13. The van der Waals surface area contributed by atoms with Crippen LogP contribution in [0.25, 0.3) is 0 Å². The van der Waals surface area contributed by atoms with Crippen molar-refractivity contribution in [2.45, 2.75) is 20.0 Å². The molecular formula is C13H18N2OS. The maximum absolute atomic E-state index is 7.96. The number of methoxy groups -OCH3 is 1. The summed E-state index contributed by atoms with van der Waals surface area (Å²) < 4.78 is 5.41. The van der Waals surface area contributed by atoms with Crippen LogP contribution in [0.2, 0.25) is 0 Å². The molecule has 1 saturated heterocycles. The molecule has 0 radical (unpaired) electrons. The number of amidine groups is 1. The summed E-state index contributed by atoms with van der Waals surface area (Å²) in [6.45, 7) is 5.04. The highest BCUT2D eigenvalue weighted by Crippen LogP contribution is 2.33. The summed E-state index contributed by atoms with van der Waals surface area (Å²) in [5.74, 6) is 0.994. The Bertz CT molecular complexity index is 433. The van der Waals surface area contributed by atoms with Crippen molar-refractivity contribution in [3.8, 4) is 0 Å². The second kappa shape index (κ2) is 5.10. The Hall–Kier alpha value is -1.00. The zero-order chi connectivity index (χ0) is 12.4. The average molecular weight is 250 g/mol. The highest BCUT2D eigenvalue weighted by molar-refractivity contribution is 8.14. The number of thioether (sulfide) groups is 1. The maximum atomic E-state index is 7.96. The van der Waals surface area contributed by atoms with Crippen molar-refractivity contribution in [3.05, 3.63) is 29.3 Å². The minimum absolute atomic E-state index is 0.0593. The van der Waals surface area contributed by atoms with E-state index in [1.807, 2.05) is 6.92 Å². The number of ether oxygens (including phenoxy) is 1. The molecule has 0 bridgehead atoms. The molecule has 0 aromatic heterocycles. The number of benzene rings is 1. The van der Waals surface area contributed by atoms with E-state index in [4.69, 9.17) is 10.1 Å². The second-order valence-corrected chi connectivity index (χ2v) is 5.33. The van der Waals surface area contributed by atoms with Gasteiger partial charge in [0, 0.05) is 30.7 Å². The van der Waals surface area contributed by atoms with Gasteiger partial charge in [-0.15, -0.1) is 0 Å². The third-order valence-corrected chi connectivity index (χ3v) is 3.95. The van der Waals surface area contributed by atoms with Gasteiger partial charge >= 0.3 is 0 Å². The molecule has 3 nitrogen and oxygen atoms in total. The Kier molecular flexibility index (Phi) is 3.74. The van der Waals surface area contributed by atoms with Crippen LogP contribution in [-0.4, -0.2) is 24.6 Å². The van der Waals surface area contributed by atoms with E-state index in [2.05, 4.69) is 30.0 Å². The van der Waals surface area contributed by atoms with Gasteiger partial charge in [0.2, 0.25) is 0 Å². The largest absolute Gasteiger partial charge is 0.377 e. The molecule has 0 amide bonds. The lowest BCUT2D eigenvalue weighted by Crippen LogP contribution is -2.24. The second-order valence-electron chi connectivity index (χ2n) is 4.25. The minimum atomic E-state index is 0.0593. The van der Waals surface area contributed by atoms with Gasteiger partial charge in [-0.1, -0.05) is 23.9 Å². The summed E-state index contributed by atoms with van der Waals surface area (Å²) in [4.78, 5) is 2.07. The molecule has 0 aliphatic carbocycles. The van der Waals surface area contributed by atoms with Crippen LogP contribution in [0.5, 0.6) is 0 Å². The van der Waals surface area contributed by atoms with Crippen LogP contribution in [0.4, 0.5) is 5.69 Å². The smallest absolute Gasteiger partial charge is 0.160 e. The molecule has 1 atom stereocenters. The van der Waals surface area contributed by atoms with Crippen LogP contribution >= 0.6 is 11.8 Å². The van der Waals surface area contributed by atoms with E-state index in [0.717, 1.165) is 23.5 Å². The van der Waals surface area contributed by atoms with E-state index in [1.54, 1.807) is 18.9 Å². The van der Waals surface area contributed by atoms with E-state index in [9.17, 15) is 0 Å². The van der Waals surface area contributed by atoms with Crippen molar-refractivity contribution >= 4 is 22.6 Å². The van der Waals surface area contributed by atoms with Gasteiger partial charge in [0.15, 0.2) is 5.17 Å². The van der Waals surface area contributed by atoms with E-state index in [1.165, 1.54) is 5.56 Å². The Balaban J connectivity index is 2.42. The highest BCUT2D eigenvalue weighted by atomic mass is 32.2. The number of anilines is 1. The highest BCUT2D eigenvalue weighted by Gasteiger charge is 2.23. The number of rotatable bonds is 3. The molecule has 0 saturated carbocycles. The van der Waals surface area contributed by atoms with Crippen molar-refractivity contribution in [2.75, 3.05) is 24.3 Å². The van der Waals surface area contributed by atoms with Crippen molar-refractivity contribution in [1.29, 1.82) is 5.41 Å². The summed E-state index contributed by atoms with van der Waals surface area (Å²) in [6.07, 6.45) is 0.0593. The van der Waals surface area contributed by atoms with Gasteiger partial charge in [-0.25, -0.2) is 0 Å². The van der Waals surface area contributed by atoms with Crippen LogP contribution in [-0.2, 0) is 4.74 Å². The van der Waals surface area contributed by atoms with Gasteiger partial charge < -0.3 is 9.64 Å². The number of nitrogens with one attached hydrogen (secondary N) is 1. The van der Waals surface area contributed by atoms with Gasteiger partial charge in [-0.2, -0.15) is 0 Å². The van der Waals surface area contributed by atoms with Crippen LogP contribution < -0.4 is 4.90 Å². The fourth-order valence-electron chi connectivity index (χ4n) is 2.00. The number of hydrogen-bond donors (Lipinski definition) is 1. The summed E-state index contributed by atoms with van der Waals surface area (Å²) in [5, 5.41) is 8.60. The monoisotopic (exact) mass is 250 g/mol. The van der Waals surface area contributed by atoms with Crippen LogP contribution in [0.1, 0.15) is 24.2 Å². The van der Waals surface area contributed by atoms with E-state index in [0.29, 0.717) is 5.17 Å². The SMILES string of the molecule is COC(C)c1ccc(C)cc1N1CCSC1=N. The van der Waals surface area contributed by atoms with Gasteiger partial charge in [0.25, 0.3) is 0 Å². The lowest BCUT2D eigenvalue weighted by Gasteiger charge is -2.23. The third-order valence-electron chi connectivity index (χ3n) is 3.07. The van der Waals surface area contributed by atoms with E-state index >= 15 is 0 Å². The van der Waals surface area contributed by atoms with Gasteiger partial charge in [-0.3, -0.25) is 5.41 Å². The molecular weight excluding hydrogens is 232 g/mol. The molecule has 1 fully saturated rings. The van der Waals surface area contributed by atoms with E-state index < -0.39 is 0 Å². The van der Waals surface area contributed by atoms with Crippen LogP contribution in [0.3, 0.4) is 0 Å². The first kappa shape index (κ1) is 12.5. The number of hydrogen-bond acceptors (Lipinski definition) is 3. The van der Waals surface area contributed by atoms with Crippen LogP contribution in [0, 0.1) is 12.3 Å². The zero-order valence-electron chi connectivity index (χ0n) is 10.5. The van der Waals surface area contributed by atoms with Crippen LogP contribution in [0.15, 0.2) is 18.2 Å². The summed E-state index contributed by atoms with van der Waals surface area (Å²) in [7, 11) is 1.72. The Labute approximate surface area is 107 Å². The third kappa shape index (κ3) is 2.48. The molecule has 1 N–H and O–H groups in total. The predicted molar refractivity (Wildman–Crippen MR) is 74.1 cm³/mol. The Morgan fingerprint density at radius 2 is 2.24 bits per heavy atom. The lowest BCUT2D eigenvalue weighted by atomic mass is 10.0. The molecule has 0 spiro atoms. The molecule has 17 heavy (non-hydrogen) atoms. The first-order valence-corrected chi connectivity index (χ1v) is 6.74. The van der Waals surface area contributed by atoms with Crippen molar-refractivity contribution in [3.63, 3.8) is 0 Å². The van der Waals surface area contributed by atoms with E-state index in [-0.39, 0.29) is 6.10 Å². The van der Waals surface area contributed by atoms with Crippen molar-refractivity contribution in [2.24, 2.45) is 0 Å². The van der Waals surface area contributed by atoms with Crippen molar-refractivity contribution < 1.29 is 4.74 Å². The fourth-order valence-corrected chi connectivity index (χ4v) is 2.81. The number of nitrogens with zero attached hydrogens (tertiary/aromatic N) is 1. The Morgan fingerprint density at radius 1 is 1.47 bits per heavy atom. The summed E-state index contributed by atoms with van der Waals surface area (Å²) >= 11 is 1.60. The normalized spacial score (nSPS) is 17.6. The van der Waals surface area contributed by atoms with Crippen molar-refractivity contribution in [1.82, 2.24) is 0 Å². The first-order valence-electron chi connectivity index (χ1n) is 5.75. The average Bonchev–Trinajstić information content (AvgIpc) is 2.74. The molecule has 2 rings (SSSR count). The minimum Gasteiger partial charge on any atom is -0.377 e. The molecule has 92 valence electrons. The molecule has 1 aromatic rings.